The lowest BCUT2D eigenvalue weighted by atomic mass is 10.2. The van der Waals surface area contributed by atoms with Crippen LogP contribution >= 0.6 is 0 Å². The quantitative estimate of drug-likeness (QED) is 0.838. The number of hydrogen-bond donors (Lipinski definition) is 2. The van der Waals surface area contributed by atoms with Crippen molar-refractivity contribution in [1.29, 1.82) is 0 Å². The third-order valence-electron chi connectivity index (χ3n) is 3.38. The van der Waals surface area contributed by atoms with Crippen molar-refractivity contribution in [1.82, 2.24) is 0 Å². The van der Waals surface area contributed by atoms with Crippen LogP contribution in [0.2, 0.25) is 0 Å². The first kappa shape index (κ1) is 17.6. The molecule has 2 aromatic rings. The predicted octanol–water partition coefficient (Wildman–Crippen LogP) is 3.89. The van der Waals surface area contributed by atoms with Crippen molar-refractivity contribution in [3.63, 3.8) is 0 Å². The molecule has 0 atom stereocenters. The van der Waals surface area contributed by atoms with E-state index in [0.717, 1.165) is 11.3 Å². The third kappa shape index (κ3) is 3.95. The highest BCUT2D eigenvalue weighted by atomic mass is 16.5. The number of rotatable bonds is 6. The number of aromatic carboxylic acids is 1. The number of carbonyl (C=O) groups excluding carboxylic acids is 1. The average Bonchev–Trinajstić information content (AvgIpc) is 2.94. The van der Waals surface area contributed by atoms with Crippen molar-refractivity contribution >= 4 is 17.6 Å². The first-order valence-electron chi connectivity index (χ1n) is 7.76. The molecule has 1 aromatic heterocycles. The molecule has 0 aliphatic carbocycles. The Hall–Kier alpha value is -2.76. The number of carboxylic acids is 1. The zero-order valence-electron chi connectivity index (χ0n) is 14.2. The topological polar surface area (TPSA) is 88.8 Å². The van der Waals surface area contributed by atoms with Gasteiger partial charge in [-0.05, 0) is 44.5 Å². The van der Waals surface area contributed by atoms with E-state index >= 15 is 0 Å². The maximum absolute atomic E-state index is 12.3. The summed E-state index contributed by atoms with van der Waals surface area (Å²) in [5.74, 6) is -0.592. The molecule has 0 saturated heterocycles. The van der Waals surface area contributed by atoms with E-state index in [1.54, 1.807) is 25.1 Å². The minimum Gasteiger partial charge on any atom is -0.491 e. The second-order valence-corrected chi connectivity index (χ2v) is 5.71. The summed E-state index contributed by atoms with van der Waals surface area (Å²) in [5, 5.41) is 11.8. The summed E-state index contributed by atoms with van der Waals surface area (Å²) in [6, 6.07) is 6.55. The van der Waals surface area contributed by atoms with E-state index in [9.17, 15) is 9.59 Å². The Kier molecular flexibility index (Phi) is 5.28. The molecule has 1 aromatic carbocycles. The summed E-state index contributed by atoms with van der Waals surface area (Å²) in [6.07, 6.45) is 0.462. The molecule has 0 bridgehead atoms. The Bertz CT molecular complexity index is 761. The first-order chi connectivity index (χ1) is 11.3. The highest BCUT2D eigenvalue weighted by Gasteiger charge is 2.20. The number of nitrogens with one attached hydrogen (secondary N) is 1. The number of ether oxygens (including phenoxy) is 1. The van der Waals surface area contributed by atoms with Gasteiger partial charge in [-0.1, -0.05) is 6.92 Å². The molecule has 1 amide bonds. The largest absolute Gasteiger partial charge is 0.491 e. The summed E-state index contributed by atoms with van der Waals surface area (Å²) in [4.78, 5) is 23.4. The Balaban J connectivity index is 2.18. The maximum atomic E-state index is 12.3. The molecule has 0 unspecified atom stereocenters. The standard InChI is InChI=1S/C18H21NO5/c1-5-14-13(18(21)22)9-16(24-14)17(20)19-12-6-7-15(11(4)8-12)23-10(2)3/h6-10H,5H2,1-4H3,(H,19,20)(H,21,22). The molecule has 2 N–H and O–H groups in total. The fraction of sp³-hybridized carbons (Fsp3) is 0.333. The smallest absolute Gasteiger partial charge is 0.339 e. The summed E-state index contributed by atoms with van der Waals surface area (Å²) >= 11 is 0. The second kappa shape index (κ2) is 7.21. The molecule has 6 heteroatoms. The fourth-order valence-electron chi connectivity index (χ4n) is 2.29. The monoisotopic (exact) mass is 331 g/mol. The molecule has 6 nitrogen and oxygen atoms in total. The van der Waals surface area contributed by atoms with Crippen molar-refractivity contribution in [2.24, 2.45) is 0 Å². The summed E-state index contributed by atoms with van der Waals surface area (Å²) in [7, 11) is 0. The maximum Gasteiger partial charge on any atom is 0.339 e. The van der Waals surface area contributed by atoms with Gasteiger partial charge in [-0.25, -0.2) is 4.79 Å². The highest BCUT2D eigenvalue weighted by molar-refractivity contribution is 6.04. The molecule has 0 aliphatic heterocycles. The molecule has 128 valence electrons. The summed E-state index contributed by atoms with van der Waals surface area (Å²) in [5.41, 5.74) is 1.49. The fourth-order valence-corrected chi connectivity index (χ4v) is 2.29. The zero-order chi connectivity index (χ0) is 17.9. The van der Waals surface area contributed by atoms with Crippen LogP contribution in [0.1, 0.15) is 53.0 Å². The van der Waals surface area contributed by atoms with E-state index in [2.05, 4.69) is 5.32 Å². The zero-order valence-corrected chi connectivity index (χ0v) is 14.2. The van der Waals surface area contributed by atoms with E-state index in [-0.39, 0.29) is 23.2 Å². The normalized spacial score (nSPS) is 10.7. The van der Waals surface area contributed by atoms with Gasteiger partial charge in [-0.15, -0.1) is 0 Å². The molecule has 1 heterocycles. The molecule has 0 radical (unpaired) electrons. The Morgan fingerprint density at radius 2 is 2.00 bits per heavy atom. The van der Waals surface area contributed by atoms with Crippen molar-refractivity contribution in [2.75, 3.05) is 5.32 Å². The van der Waals surface area contributed by atoms with Crippen molar-refractivity contribution in [3.05, 3.63) is 46.9 Å². The molecular weight excluding hydrogens is 310 g/mol. The van der Waals surface area contributed by atoms with Gasteiger partial charge in [0, 0.05) is 18.2 Å². The van der Waals surface area contributed by atoms with Crippen LogP contribution in [-0.2, 0) is 6.42 Å². The van der Waals surface area contributed by atoms with Gasteiger partial charge < -0.3 is 19.6 Å². The lowest BCUT2D eigenvalue weighted by Gasteiger charge is -2.13. The van der Waals surface area contributed by atoms with Crippen LogP contribution in [0.15, 0.2) is 28.7 Å². The molecule has 0 saturated carbocycles. The number of carbonyl (C=O) groups is 2. The number of hydrogen-bond acceptors (Lipinski definition) is 4. The van der Waals surface area contributed by atoms with Gasteiger partial charge in [0.2, 0.25) is 0 Å². The number of benzene rings is 1. The van der Waals surface area contributed by atoms with Gasteiger partial charge in [-0.3, -0.25) is 4.79 Å². The lowest BCUT2D eigenvalue weighted by Crippen LogP contribution is -2.12. The van der Waals surface area contributed by atoms with E-state index in [4.69, 9.17) is 14.3 Å². The van der Waals surface area contributed by atoms with Gasteiger partial charge >= 0.3 is 5.97 Å². The minimum atomic E-state index is -1.11. The van der Waals surface area contributed by atoms with E-state index in [0.29, 0.717) is 12.1 Å². The third-order valence-corrected chi connectivity index (χ3v) is 3.38. The van der Waals surface area contributed by atoms with Gasteiger partial charge in [0.25, 0.3) is 5.91 Å². The SMILES string of the molecule is CCc1oc(C(=O)Nc2ccc(OC(C)C)c(C)c2)cc1C(=O)O. The van der Waals surface area contributed by atoms with Crippen LogP contribution in [0.4, 0.5) is 5.69 Å². The molecule has 2 rings (SSSR count). The lowest BCUT2D eigenvalue weighted by molar-refractivity contribution is 0.0694. The predicted molar refractivity (Wildman–Crippen MR) is 89.9 cm³/mol. The van der Waals surface area contributed by atoms with Crippen LogP contribution < -0.4 is 10.1 Å². The highest BCUT2D eigenvalue weighted by Crippen LogP contribution is 2.24. The van der Waals surface area contributed by atoms with Gasteiger partial charge in [-0.2, -0.15) is 0 Å². The number of anilines is 1. The number of furan rings is 1. The first-order valence-corrected chi connectivity index (χ1v) is 7.76. The van der Waals surface area contributed by atoms with Crippen LogP contribution in [0, 0.1) is 6.92 Å². The molecule has 24 heavy (non-hydrogen) atoms. The van der Waals surface area contributed by atoms with E-state index in [1.165, 1.54) is 6.07 Å². The second-order valence-electron chi connectivity index (χ2n) is 5.71. The van der Waals surface area contributed by atoms with Crippen LogP contribution in [0.5, 0.6) is 5.75 Å². The minimum absolute atomic E-state index is 0.0134. The molecule has 0 fully saturated rings. The molecule has 0 aliphatic rings. The Morgan fingerprint density at radius 1 is 1.29 bits per heavy atom. The van der Waals surface area contributed by atoms with Gasteiger partial charge in [0.05, 0.1) is 6.10 Å². The number of carboxylic acid groups (broad SMARTS) is 1. The summed E-state index contributed by atoms with van der Waals surface area (Å²) < 4.78 is 11.0. The average molecular weight is 331 g/mol. The molecular formula is C18H21NO5. The summed E-state index contributed by atoms with van der Waals surface area (Å²) in [6.45, 7) is 7.54. The van der Waals surface area contributed by atoms with Gasteiger partial charge in [0.15, 0.2) is 5.76 Å². The van der Waals surface area contributed by atoms with Crippen LogP contribution in [0.3, 0.4) is 0 Å². The van der Waals surface area contributed by atoms with Crippen molar-refractivity contribution in [2.45, 2.75) is 40.2 Å². The van der Waals surface area contributed by atoms with Gasteiger partial charge in [0.1, 0.15) is 17.1 Å². The number of aryl methyl sites for hydroxylation is 2. The van der Waals surface area contributed by atoms with Crippen molar-refractivity contribution < 1.29 is 23.8 Å². The van der Waals surface area contributed by atoms with Crippen LogP contribution in [0.25, 0.3) is 0 Å². The molecule has 0 spiro atoms. The van der Waals surface area contributed by atoms with E-state index < -0.39 is 11.9 Å². The van der Waals surface area contributed by atoms with Crippen molar-refractivity contribution in [3.8, 4) is 5.75 Å². The van der Waals surface area contributed by atoms with E-state index in [1.807, 2.05) is 20.8 Å². The van der Waals surface area contributed by atoms with Crippen LogP contribution in [-0.4, -0.2) is 23.1 Å². The Labute approximate surface area is 140 Å². The Morgan fingerprint density at radius 3 is 2.50 bits per heavy atom. The number of amides is 1.